The lowest BCUT2D eigenvalue weighted by Gasteiger charge is -2.28. The molecule has 0 spiro atoms. The van der Waals surface area contributed by atoms with Crippen LogP contribution in [-0.2, 0) is 0 Å². The van der Waals surface area contributed by atoms with Gasteiger partial charge in [0.2, 0.25) is 0 Å². The molecule has 3 nitrogen and oxygen atoms in total. The van der Waals surface area contributed by atoms with Crippen molar-refractivity contribution in [2.24, 2.45) is 5.73 Å². The largest absolute Gasteiger partial charge is 0.384 e. The molecule has 1 rings (SSSR count). The highest BCUT2D eigenvalue weighted by molar-refractivity contribution is 9.10. The topological polar surface area (TPSA) is 53.1 Å². The minimum atomic E-state index is 0.0913. The zero-order valence-corrected chi connectivity index (χ0v) is 12.2. The van der Waals surface area contributed by atoms with Gasteiger partial charge in [-0.05, 0) is 47.0 Å². The van der Waals surface area contributed by atoms with Crippen LogP contribution in [0, 0.1) is 5.41 Å². The Morgan fingerprint density at radius 2 is 2.00 bits per heavy atom. The second-order valence-electron chi connectivity index (χ2n) is 4.16. The first-order valence-corrected chi connectivity index (χ1v) is 6.67. The van der Waals surface area contributed by atoms with Gasteiger partial charge in [-0.25, -0.2) is 0 Å². The number of nitrogens with zero attached hydrogens (tertiary/aromatic N) is 1. The third-order valence-corrected chi connectivity index (χ3v) is 3.80. The summed E-state index contributed by atoms with van der Waals surface area (Å²) in [6.07, 6.45) is 2.25. The molecular formula is C13H20BrN3. The van der Waals surface area contributed by atoms with Crippen LogP contribution in [0.1, 0.15) is 32.3 Å². The van der Waals surface area contributed by atoms with E-state index in [0.29, 0.717) is 6.04 Å². The molecular weight excluding hydrogens is 278 g/mol. The standard InChI is InChI=1S/C13H20BrN3/c1-4-9(5-2)17(3)10-6-7-11(13(15)16)12(14)8-10/h6-9H,4-5H2,1-3H3,(H3,15,16). The molecule has 0 radical (unpaired) electrons. The van der Waals surface area contributed by atoms with Gasteiger partial charge in [-0.1, -0.05) is 13.8 Å². The van der Waals surface area contributed by atoms with Crippen molar-refractivity contribution in [2.75, 3.05) is 11.9 Å². The van der Waals surface area contributed by atoms with Gasteiger partial charge in [0.15, 0.2) is 0 Å². The summed E-state index contributed by atoms with van der Waals surface area (Å²) in [6, 6.07) is 6.47. The van der Waals surface area contributed by atoms with Gasteiger partial charge in [-0.3, -0.25) is 5.41 Å². The molecule has 4 heteroatoms. The fourth-order valence-corrected chi connectivity index (χ4v) is 2.57. The maximum absolute atomic E-state index is 7.45. The van der Waals surface area contributed by atoms with Crippen LogP contribution in [0.2, 0.25) is 0 Å². The predicted octanol–water partition coefficient (Wildman–Crippen LogP) is 3.36. The normalized spacial score (nSPS) is 10.6. The van der Waals surface area contributed by atoms with Crippen LogP contribution in [0.25, 0.3) is 0 Å². The first-order chi connectivity index (χ1) is 8.01. The van der Waals surface area contributed by atoms with E-state index in [1.54, 1.807) is 0 Å². The quantitative estimate of drug-likeness (QED) is 0.647. The van der Waals surface area contributed by atoms with Crippen molar-refractivity contribution in [1.29, 1.82) is 5.41 Å². The Hall–Kier alpha value is -1.03. The van der Waals surface area contributed by atoms with Crippen molar-refractivity contribution in [3.8, 4) is 0 Å². The second-order valence-corrected chi connectivity index (χ2v) is 5.01. The van der Waals surface area contributed by atoms with E-state index in [-0.39, 0.29) is 5.84 Å². The lowest BCUT2D eigenvalue weighted by atomic mass is 10.1. The van der Waals surface area contributed by atoms with Crippen LogP contribution >= 0.6 is 15.9 Å². The average Bonchev–Trinajstić information content (AvgIpc) is 2.29. The van der Waals surface area contributed by atoms with E-state index in [1.165, 1.54) is 0 Å². The number of amidine groups is 1. The number of nitrogens with one attached hydrogen (secondary N) is 1. The molecule has 17 heavy (non-hydrogen) atoms. The highest BCUT2D eigenvalue weighted by Crippen LogP contribution is 2.25. The minimum absolute atomic E-state index is 0.0913. The molecule has 1 aromatic rings. The van der Waals surface area contributed by atoms with Gasteiger partial charge in [-0.15, -0.1) is 0 Å². The van der Waals surface area contributed by atoms with E-state index in [2.05, 4.69) is 41.7 Å². The number of halogens is 1. The molecule has 0 heterocycles. The van der Waals surface area contributed by atoms with Crippen LogP contribution in [0.15, 0.2) is 22.7 Å². The SMILES string of the molecule is CCC(CC)N(C)c1ccc(C(=N)N)c(Br)c1. The minimum Gasteiger partial charge on any atom is -0.384 e. The molecule has 0 aliphatic carbocycles. The fourth-order valence-electron chi connectivity index (χ4n) is 1.99. The second kappa shape index (κ2) is 6.05. The summed E-state index contributed by atoms with van der Waals surface area (Å²) in [5, 5.41) is 7.45. The van der Waals surface area contributed by atoms with E-state index in [0.717, 1.165) is 28.6 Å². The maximum Gasteiger partial charge on any atom is 0.123 e. The lowest BCUT2D eigenvalue weighted by molar-refractivity contribution is 0.591. The molecule has 0 atom stereocenters. The number of hydrogen-bond acceptors (Lipinski definition) is 2. The number of hydrogen-bond donors (Lipinski definition) is 2. The van der Waals surface area contributed by atoms with Crippen molar-refractivity contribution in [1.82, 2.24) is 0 Å². The molecule has 1 aromatic carbocycles. The monoisotopic (exact) mass is 297 g/mol. The number of nitrogen functional groups attached to an aromatic ring is 1. The zero-order chi connectivity index (χ0) is 13.0. The molecule has 0 unspecified atom stereocenters. The fraction of sp³-hybridized carbons (Fsp3) is 0.462. The van der Waals surface area contributed by atoms with E-state index in [1.807, 2.05) is 18.2 Å². The van der Waals surface area contributed by atoms with Crippen molar-refractivity contribution in [3.05, 3.63) is 28.2 Å². The molecule has 0 bridgehead atoms. The van der Waals surface area contributed by atoms with Gasteiger partial charge >= 0.3 is 0 Å². The Morgan fingerprint density at radius 1 is 1.41 bits per heavy atom. The van der Waals surface area contributed by atoms with E-state index < -0.39 is 0 Å². The predicted molar refractivity (Wildman–Crippen MR) is 77.9 cm³/mol. The smallest absolute Gasteiger partial charge is 0.123 e. The van der Waals surface area contributed by atoms with E-state index >= 15 is 0 Å². The molecule has 0 aliphatic heterocycles. The summed E-state index contributed by atoms with van der Waals surface area (Å²) in [5.74, 6) is 0.0913. The molecule has 0 aliphatic rings. The van der Waals surface area contributed by atoms with Crippen LogP contribution < -0.4 is 10.6 Å². The van der Waals surface area contributed by atoms with Gasteiger partial charge in [-0.2, -0.15) is 0 Å². The maximum atomic E-state index is 7.45. The van der Waals surface area contributed by atoms with Crippen molar-refractivity contribution >= 4 is 27.5 Å². The Bertz CT molecular complexity index is 400. The first-order valence-electron chi connectivity index (χ1n) is 5.88. The van der Waals surface area contributed by atoms with Crippen molar-refractivity contribution in [3.63, 3.8) is 0 Å². The molecule has 0 aromatic heterocycles. The zero-order valence-electron chi connectivity index (χ0n) is 10.6. The molecule has 3 N–H and O–H groups in total. The van der Waals surface area contributed by atoms with Gasteiger partial charge in [0, 0.05) is 28.8 Å². The number of anilines is 1. The summed E-state index contributed by atoms with van der Waals surface area (Å²) >= 11 is 3.46. The van der Waals surface area contributed by atoms with Gasteiger partial charge < -0.3 is 10.6 Å². The summed E-state index contributed by atoms with van der Waals surface area (Å²) < 4.78 is 0.875. The first kappa shape index (κ1) is 14.0. The summed E-state index contributed by atoms with van der Waals surface area (Å²) in [7, 11) is 2.10. The van der Waals surface area contributed by atoms with Gasteiger partial charge in [0.25, 0.3) is 0 Å². The molecule has 94 valence electrons. The Balaban J connectivity index is 3.00. The lowest BCUT2D eigenvalue weighted by Crippen LogP contribution is -2.30. The van der Waals surface area contributed by atoms with E-state index in [9.17, 15) is 0 Å². The van der Waals surface area contributed by atoms with E-state index in [4.69, 9.17) is 11.1 Å². The molecule has 0 amide bonds. The third kappa shape index (κ3) is 3.22. The van der Waals surface area contributed by atoms with Gasteiger partial charge in [0.1, 0.15) is 5.84 Å². The Labute approximate surface area is 112 Å². The highest BCUT2D eigenvalue weighted by Gasteiger charge is 2.12. The third-order valence-electron chi connectivity index (χ3n) is 3.14. The van der Waals surface area contributed by atoms with Crippen molar-refractivity contribution < 1.29 is 0 Å². The molecule has 0 saturated carbocycles. The van der Waals surface area contributed by atoms with Crippen LogP contribution in [-0.4, -0.2) is 18.9 Å². The van der Waals surface area contributed by atoms with Crippen LogP contribution in [0.4, 0.5) is 5.69 Å². The Kier molecular flexibility index (Phi) is 5.00. The van der Waals surface area contributed by atoms with Gasteiger partial charge in [0.05, 0.1) is 0 Å². The Morgan fingerprint density at radius 3 is 2.41 bits per heavy atom. The number of rotatable bonds is 5. The molecule has 0 saturated heterocycles. The molecule has 0 fully saturated rings. The summed E-state index contributed by atoms with van der Waals surface area (Å²) in [6.45, 7) is 4.40. The van der Waals surface area contributed by atoms with Crippen LogP contribution in [0.5, 0.6) is 0 Å². The number of benzene rings is 1. The highest BCUT2D eigenvalue weighted by atomic mass is 79.9. The van der Waals surface area contributed by atoms with Crippen molar-refractivity contribution in [2.45, 2.75) is 32.7 Å². The number of nitrogens with two attached hydrogens (primary N) is 1. The summed E-state index contributed by atoms with van der Waals surface area (Å²) in [5.41, 5.74) is 7.38. The average molecular weight is 298 g/mol. The van der Waals surface area contributed by atoms with Crippen LogP contribution in [0.3, 0.4) is 0 Å². The summed E-state index contributed by atoms with van der Waals surface area (Å²) in [4.78, 5) is 2.27.